The Balaban J connectivity index is 2.19. The fourth-order valence-corrected chi connectivity index (χ4v) is 1.68. The van der Waals surface area contributed by atoms with E-state index < -0.39 is 0 Å². The quantitative estimate of drug-likeness (QED) is 0.674. The normalized spacial score (nSPS) is 20.0. The minimum Gasteiger partial charge on any atom is -0.295 e. The summed E-state index contributed by atoms with van der Waals surface area (Å²) in [6.45, 7) is 2.02. The summed E-state index contributed by atoms with van der Waals surface area (Å²) >= 11 is 0. The van der Waals surface area contributed by atoms with Gasteiger partial charge in [0.2, 0.25) is 0 Å². The van der Waals surface area contributed by atoms with Crippen molar-refractivity contribution in [2.45, 2.75) is 25.8 Å². The second-order valence-electron chi connectivity index (χ2n) is 3.46. The lowest BCUT2D eigenvalue weighted by Crippen LogP contribution is -2.00. The first-order valence-corrected chi connectivity index (χ1v) is 4.83. The molecule has 0 bridgehead atoms. The molecule has 0 aliphatic carbocycles. The minimum atomic E-state index is -0.320. The van der Waals surface area contributed by atoms with E-state index in [1.165, 1.54) is 11.0 Å². The maximum atomic E-state index is 13.3. The minimum absolute atomic E-state index is 0.0388. The maximum Gasteiger partial charge on any atom is 0.251 e. The van der Waals surface area contributed by atoms with Gasteiger partial charge >= 0.3 is 0 Å². The molecule has 1 heterocycles. The summed E-state index contributed by atoms with van der Waals surface area (Å²) in [7, 11) is 0. The van der Waals surface area contributed by atoms with Crippen LogP contribution in [0.5, 0.6) is 0 Å². The predicted molar refractivity (Wildman–Crippen MR) is 52.6 cm³/mol. The zero-order chi connectivity index (χ0) is 10.1. The molecular formula is C11H12FNO. The van der Waals surface area contributed by atoms with E-state index in [-0.39, 0.29) is 17.8 Å². The third-order valence-electron chi connectivity index (χ3n) is 2.44. The average molecular weight is 193 g/mol. The molecule has 14 heavy (non-hydrogen) atoms. The lowest BCUT2D eigenvalue weighted by Gasteiger charge is -2.02. The van der Waals surface area contributed by atoms with E-state index >= 15 is 0 Å². The Kier molecular flexibility index (Phi) is 2.23. The molecule has 1 aliphatic rings. The first kappa shape index (κ1) is 9.19. The highest BCUT2D eigenvalue weighted by Crippen LogP contribution is 2.33. The van der Waals surface area contributed by atoms with Crippen molar-refractivity contribution in [3.63, 3.8) is 0 Å². The fraction of sp³-hybridized carbons (Fsp3) is 0.364. The predicted octanol–water partition coefficient (Wildman–Crippen LogP) is 2.34. The van der Waals surface area contributed by atoms with Gasteiger partial charge in [0.05, 0.1) is 5.69 Å². The number of nitrogens with zero attached hydrogens (tertiary/aromatic N) is 1. The number of hydrogen-bond donors (Lipinski definition) is 0. The van der Waals surface area contributed by atoms with E-state index in [9.17, 15) is 9.18 Å². The van der Waals surface area contributed by atoms with Gasteiger partial charge in [0.1, 0.15) is 11.9 Å². The topological polar surface area (TPSA) is 20.1 Å². The molecule has 1 unspecified atom stereocenters. The number of anilines is 1. The van der Waals surface area contributed by atoms with E-state index in [1.54, 1.807) is 18.2 Å². The third-order valence-corrected chi connectivity index (χ3v) is 2.44. The molecule has 0 spiro atoms. The van der Waals surface area contributed by atoms with Crippen molar-refractivity contribution in [3.8, 4) is 0 Å². The molecule has 0 aromatic heterocycles. The Morgan fingerprint density at radius 3 is 2.79 bits per heavy atom. The zero-order valence-corrected chi connectivity index (χ0v) is 8.03. The van der Waals surface area contributed by atoms with Crippen molar-refractivity contribution in [2.24, 2.45) is 0 Å². The highest BCUT2D eigenvalue weighted by Gasteiger charge is 2.46. The smallest absolute Gasteiger partial charge is 0.251 e. The van der Waals surface area contributed by atoms with E-state index in [4.69, 9.17) is 0 Å². The maximum absolute atomic E-state index is 13.3. The number of halogens is 1. The number of carbonyl (C=O) groups is 1. The SMILES string of the molecule is CCCC1C(=O)N1c1ccccc1F. The molecule has 1 aliphatic heterocycles. The Bertz CT molecular complexity index is 364. The summed E-state index contributed by atoms with van der Waals surface area (Å²) in [6.07, 6.45) is 1.76. The van der Waals surface area contributed by atoms with Crippen molar-refractivity contribution in [1.82, 2.24) is 0 Å². The number of hydrogen-bond acceptors (Lipinski definition) is 1. The van der Waals surface area contributed by atoms with Crippen LogP contribution in [-0.2, 0) is 4.79 Å². The summed E-state index contributed by atoms with van der Waals surface area (Å²) in [5, 5.41) is 0. The largest absolute Gasteiger partial charge is 0.295 e. The van der Waals surface area contributed by atoms with E-state index in [2.05, 4.69) is 0 Å². The van der Waals surface area contributed by atoms with E-state index in [0.717, 1.165) is 12.8 Å². The zero-order valence-electron chi connectivity index (χ0n) is 8.03. The molecule has 74 valence electrons. The lowest BCUT2D eigenvalue weighted by atomic mass is 10.2. The first-order chi connectivity index (χ1) is 6.75. The van der Waals surface area contributed by atoms with Gasteiger partial charge in [-0.15, -0.1) is 0 Å². The van der Waals surface area contributed by atoms with Crippen LogP contribution in [0.3, 0.4) is 0 Å². The third kappa shape index (κ3) is 1.39. The molecule has 1 fully saturated rings. The van der Waals surface area contributed by atoms with Crippen molar-refractivity contribution in [2.75, 3.05) is 4.90 Å². The van der Waals surface area contributed by atoms with Crippen LogP contribution in [0.2, 0.25) is 0 Å². The van der Waals surface area contributed by atoms with Gasteiger partial charge in [0, 0.05) is 0 Å². The lowest BCUT2D eigenvalue weighted by molar-refractivity contribution is -0.110. The number of benzene rings is 1. The molecule has 1 saturated heterocycles. The Labute approximate surface area is 82.3 Å². The highest BCUT2D eigenvalue weighted by molar-refractivity contribution is 6.15. The van der Waals surface area contributed by atoms with E-state index in [0.29, 0.717) is 5.69 Å². The summed E-state index contributed by atoms with van der Waals surface area (Å²) in [5.74, 6) is -0.281. The standard InChI is InChI=1S/C11H12FNO/c1-2-5-10-11(14)13(10)9-7-4-3-6-8(9)12/h3-4,6-7,10H,2,5H2,1H3. The van der Waals surface area contributed by atoms with Crippen LogP contribution in [0.15, 0.2) is 24.3 Å². The Morgan fingerprint density at radius 1 is 1.43 bits per heavy atom. The van der Waals surface area contributed by atoms with Crippen LogP contribution < -0.4 is 4.90 Å². The highest BCUT2D eigenvalue weighted by atomic mass is 19.1. The molecule has 2 nitrogen and oxygen atoms in total. The molecule has 1 atom stereocenters. The fourth-order valence-electron chi connectivity index (χ4n) is 1.68. The Morgan fingerprint density at radius 2 is 2.14 bits per heavy atom. The summed E-state index contributed by atoms with van der Waals surface area (Å²) in [4.78, 5) is 12.8. The molecule has 2 rings (SSSR count). The molecule has 0 N–H and O–H groups in total. The van der Waals surface area contributed by atoms with Crippen LogP contribution in [0, 0.1) is 5.82 Å². The second-order valence-corrected chi connectivity index (χ2v) is 3.46. The molecule has 0 radical (unpaired) electrons. The Hall–Kier alpha value is -1.38. The van der Waals surface area contributed by atoms with Crippen LogP contribution in [0.1, 0.15) is 19.8 Å². The van der Waals surface area contributed by atoms with Crippen LogP contribution in [-0.4, -0.2) is 11.9 Å². The van der Waals surface area contributed by atoms with Crippen molar-refractivity contribution in [1.29, 1.82) is 0 Å². The molecule has 0 saturated carbocycles. The molecule has 1 aromatic carbocycles. The van der Waals surface area contributed by atoms with Crippen molar-refractivity contribution in [3.05, 3.63) is 30.1 Å². The number of amides is 1. The van der Waals surface area contributed by atoms with Crippen LogP contribution in [0.25, 0.3) is 0 Å². The monoisotopic (exact) mass is 193 g/mol. The molecular weight excluding hydrogens is 181 g/mol. The van der Waals surface area contributed by atoms with Gasteiger partial charge < -0.3 is 0 Å². The molecule has 1 aromatic rings. The van der Waals surface area contributed by atoms with E-state index in [1.807, 2.05) is 6.92 Å². The van der Waals surface area contributed by atoms with Gasteiger partial charge in [0.25, 0.3) is 5.91 Å². The average Bonchev–Trinajstić information content (AvgIpc) is 2.79. The second kappa shape index (κ2) is 3.40. The van der Waals surface area contributed by atoms with Gasteiger partial charge in [-0.05, 0) is 18.6 Å². The van der Waals surface area contributed by atoms with Gasteiger partial charge in [-0.25, -0.2) is 4.39 Å². The van der Waals surface area contributed by atoms with Crippen molar-refractivity contribution >= 4 is 11.6 Å². The van der Waals surface area contributed by atoms with Crippen LogP contribution in [0.4, 0.5) is 10.1 Å². The van der Waals surface area contributed by atoms with Gasteiger partial charge in [-0.2, -0.15) is 0 Å². The number of rotatable bonds is 3. The summed E-state index contributed by atoms with van der Waals surface area (Å²) in [5.41, 5.74) is 0.413. The van der Waals surface area contributed by atoms with Gasteiger partial charge in [-0.1, -0.05) is 25.5 Å². The van der Waals surface area contributed by atoms with Gasteiger partial charge in [0.15, 0.2) is 0 Å². The van der Waals surface area contributed by atoms with Crippen molar-refractivity contribution < 1.29 is 9.18 Å². The summed E-state index contributed by atoms with van der Waals surface area (Å²) < 4.78 is 13.3. The first-order valence-electron chi connectivity index (χ1n) is 4.83. The number of para-hydroxylation sites is 1. The number of carbonyl (C=O) groups excluding carboxylic acids is 1. The van der Waals surface area contributed by atoms with Gasteiger partial charge in [-0.3, -0.25) is 9.69 Å². The summed E-state index contributed by atoms with van der Waals surface area (Å²) in [6, 6.07) is 6.30. The van der Waals surface area contributed by atoms with Crippen LogP contribution >= 0.6 is 0 Å². The molecule has 3 heteroatoms. The molecule has 1 amide bonds.